The average molecular weight is 261 g/mol. The second kappa shape index (κ2) is 5.89. The highest BCUT2D eigenvalue weighted by atomic mass is 32.2. The predicted octanol–water partition coefficient (Wildman–Crippen LogP) is 3.29. The Morgan fingerprint density at radius 1 is 1.11 bits per heavy atom. The van der Waals surface area contributed by atoms with Crippen LogP contribution >= 0.6 is 11.8 Å². The van der Waals surface area contributed by atoms with Crippen LogP contribution in [0, 0.1) is 0 Å². The van der Waals surface area contributed by atoms with Gasteiger partial charge in [0.2, 0.25) is 0 Å². The SMILES string of the molecule is COc1ccc(Sc2ccc([C@@H](C)O)nc2)cc1. The monoisotopic (exact) mass is 261 g/mol. The largest absolute Gasteiger partial charge is 0.497 e. The second-order valence-electron chi connectivity index (χ2n) is 3.87. The van der Waals surface area contributed by atoms with Crippen molar-refractivity contribution >= 4 is 11.8 Å². The maximum Gasteiger partial charge on any atom is 0.118 e. The molecule has 94 valence electrons. The van der Waals surface area contributed by atoms with Crippen LogP contribution in [-0.2, 0) is 0 Å². The molecule has 0 aliphatic carbocycles. The number of nitrogens with zero attached hydrogens (tertiary/aromatic N) is 1. The van der Waals surface area contributed by atoms with Gasteiger partial charge in [0, 0.05) is 16.0 Å². The van der Waals surface area contributed by atoms with Crippen LogP contribution in [0.3, 0.4) is 0 Å². The van der Waals surface area contributed by atoms with Crippen LogP contribution in [0.5, 0.6) is 5.75 Å². The van der Waals surface area contributed by atoms with Gasteiger partial charge in [0.25, 0.3) is 0 Å². The van der Waals surface area contributed by atoms with E-state index in [4.69, 9.17) is 4.74 Å². The van der Waals surface area contributed by atoms with Crippen LogP contribution in [0.2, 0.25) is 0 Å². The summed E-state index contributed by atoms with van der Waals surface area (Å²) in [5.74, 6) is 0.849. The van der Waals surface area contributed by atoms with Crippen molar-refractivity contribution in [3.63, 3.8) is 0 Å². The minimum Gasteiger partial charge on any atom is -0.497 e. The fraction of sp³-hybridized carbons (Fsp3) is 0.214. The molecular formula is C14H15NO2S. The Labute approximate surface area is 111 Å². The summed E-state index contributed by atoms with van der Waals surface area (Å²) < 4.78 is 5.11. The molecular weight excluding hydrogens is 246 g/mol. The van der Waals surface area contributed by atoms with Gasteiger partial charge in [-0.1, -0.05) is 11.8 Å². The minimum atomic E-state index is -0.523. The molecule has 0 unspecified atom stereocenters. The summed E-state index contributed by atoms with van der Waals surface area (Å²) in [5, 5.41) is 9.38. The normalized spacial score (nSPS) is 12.2. The maximum absolute atomic E-state index is 9.38. The van der Waals surface area contributed by atoms with Crippen molar-refractivity contribution in [2.45, 2.75) is 22.8 Å². The molecule has 0 saturated carbocycles. The lowest BCUT2D eigenvalue weighted by molar-refractivity contribution is 0.194. The van der Waals surface area contributed by atoms with Gasteiger partial charge < -0.3 is 9.84 Å². The Bertz CT molecular complexity index is 494. The Morgan fingerprint density at radius 2 is 1.78 bits per heavy atom. The smallest absolute Gasteiger partial charge is 0.118 e. The van der Waals surface area contributed by atoms with E-state index in [0.29, 0.717) is 5.69 Å². The molecule has 0 radical (unpaired) electrons. The third kappa shape index (κ3) is 3.24. The van der Waals surface area contributed by atoms with Crippen LogP contribution in [0.1, 0.15) is 18.7 Å². The Morgan fingerprint density at radius 3 is 2.28 bits per heavy atom. The molecule has 1 aromatic heterocycles. The van der Waals surface area contributed by atoms with E-state index in [-0.39, 0.29) is 0 Å². The van der Waals surface area contributed by atoms with Crippen LogP contribution in [0.4, 0.5) is 0 Å². The first-order chi connectivity index (χ1) is 8.69. The van der Waals surface area contributed by atoms with Gasteiger partial charge in [0.15, 0.2) is 0 Å². The van der Waals surface area contributed by atoms with E-state index in [1.165, 1.54) is 0 Å². The predicted molar refractivity (Wildman–Crippen MR) is 72.0 cm³/mol. The van der Waals surface area contributed by atoms with Crippen molar-refractivity contribution < 1.29 is 9.84 Å². The number of hydrogen-bond donors (Lipinski definition) is 1. The van der Waals surface area contributed by atoms with E-state index in [1.54, 1.807) is 32.0 Å². The van der Waals surface area contributed by atoms with E-state index in [1.807, 2.05) is 36.4 Å². The molecule has 0 aliphatic heterocycles. The molecule has 1 aromatic carbocycles. The standard InChI is InChI=1S/C14H15NO2S/c1-10(16)14-8-7-13(9-15-14)18-12-5-3-11(17-2)4-6-12/h3-10,16H,1-2H3/t10-/m1/s1. The highest BCUT2D eigenvalue weighted by Crippen LogP contribution is 2.28. The number of ether oxygens (including phenoxy) is 1. The van der Waals surface area contributed by atoms with Crippen LogP contribution < -0.4 is 4.74 Å². The first kappa shape index (κ1) is 12.9. The zero-order valence-corrected chi connectivity index (χ0v) is 11.1. The molecule has 18 heavy (non-hydrogen) atoms. The summed E-state index contributed by atoms with van der Waals surface area (Å²) in [6.45, 7) is 1.71. The fourth-order valence-corrected chi connectivity index (χ4v) is 2.26. The summed E-state index contributed by atoms with van der Waals surface area (Å²) in [7, 11) is 1.65. The van der Waals surface area contributed by atoms with Gasteiger partial charge in [0.05, 0.1) is 18.9 Å². The lowest BCUT2D eigenvalue weighted by Gasteiger charge is -2.06. The van der Waals surface area contributed by atoms with E-state index in [2.05, 4.69) is 4.98 Å². The molecule has 1 heterocycles. The highest BCUT2D eigenvalue weighted by Gasteiger charge is 2.03. The lowest BCUT2D eigenvalue weighted by Crippen LogP contribution is -1.94. The second-order valence-corrected chi connectivity index (χ2v) is 5.02. The molecule has 1 N–H and O–H groups in total. The first-order valence-corrected chi connectivity index (χ1v) is 6.46. The van der Waals surface area contributed by atoms with Gasteiger partial charge in [-0.3, -0.25) is 4.98 Å². The van der Waals surface area contributed by atoms with Gasteiger partial charge in [-0.25, -0.2) is 0 Å². The summed E-state index contributed by atoms with van der Waals surface area (Å²) in [6, 6.07) is 11.7. The quantitative estimate of drug-likeness (QED) is 0.917. The molecule has 3 nitrogen and oxygen atoms in total. The third-order valence-electron chi connectivity index (χ3n) is 2.48. The molecule has 1 atom stereocenters. The molecule has 2 rings (SSSR count). The summed E-state index contributed by atoms with van der Waals surface area (Å²) in [4.78, 5) is 6.39. The number of hydrogen-bond acceptors (Lipinski definition) is 4. The van der Waals surface area contributed by atoms with Crippen molar-refractivity contribution in [1.29, 1.82) is 0 Å². The van der Waals surface area contributed by atoms with Crippen molar-refractivity contribution in [3.8, 4) is 5.75 Å². The molecule has 0 fully saturated rings. The number of aromatic nitrogens is 1. The van der Waals surface area contributed by atoms with Gasteiger partial charge >= 0.3 is 0 Å². The van der Waals surface area contributed by atoms with Gasteiger partial charge in [-0.15, -0.1) is 0 Å². The molecule has 0 saturated heterocycles. The fourth-order valence-electron chi connectivity index (χ4n) is 1.48. The van der Waals surface area contributed by atoms with E-state index >= 15 is 0 Å². The Hall–Kier alpha value is -1.52. The number of methoxy groups -OCH3 is 1. The topological polar surface area (TPSA) is 42.4 Å². The van der Waals surface area contributed by atoms with Gasteiger partial charge in [-0.05, 0) is 43.3 Å². The van der Waals surface area contributed by atoms with Crippen molar-refractivity contribution in [2.24, 2.45) is 0 Å². The minimum absolute atomic E-state index is 0.523. The zero-order valence-electron chi connectivity index (χ0n) is 10.3. The van der Waals surface area contributed by atoms with E-state index < -0.39 is 6.10 Å². The highest BCUT2D eigenvalue weighted by molar-refractivity contribution is 7.99. The molecule has 0 bridgehead atoms. The van der Waals surface area contributed by atoms with Crippen LogP contribution in [0.15, 0.2) is 52.4 Å². The first-order valence-electron chi connectivity index (χ1n) is 5.65. The summed E-state index contributed by atoms with van der Waals surface area (Å²) in [5.41, 5.74) is 0.689. The molecule has 0 aliphatic rings. The summed E-state index contributed by atoms with van der Waals surface area (Å²) >= 11 is 1.63. The lowest BCUT2D eigenvalue weighted by atomic mass is 10.2. The average Bonchev–Trinajstić information content (AvgIpc) is 2.40. The van der Waals surface area contributed by atoms with E-state index in [9.17, 15) is 5.11 Å². The van der Waals surface area contributed by atoms with Crippen LogP contribution in [0.25, 0.3) is 0 Å². The molecule has 0 spiro atoms. The molecule has 2 aromatic rings. The van der Waals surface area contributed by atoms with E-state index in [0.717, 1.165) is 15.5 Å². The number of aliphatic hydroxyl groups is 1. The number of pyridine rings is 1. The van der Waals surface area contributed by atoms with Gasteiger partial charge in [0.1, 0.15) is 5.75 Å². The maximum atomic E-state index is 9.38. The number of rotatable bonds is 4. The number of aliphatic hydroxyl groups excluding tert-OH is 1. The van der Waals surface area contributed by atoms with Gasteiger partial charge in [-0.2, -0.15) is 0 Å². The molecule has 0 amide bonds. The van der Waals surface area contributed by atoms with Crippen molar-refractivity contribution in [1.82, 2.24) is 4.98 Å². The Kier molecular flexibility index (Phi) is 4.23. The Balaban J connectivity index is 2.08. The van der Waals surface area contributed by atoms with Crippen molar-refractivity contribution in [3.05, 3.63) is 48.3 Å². The van der Waals surface area contributed by atoms with Crippen molar-refractivity contribution in [2.75, 3.05) is 7.11 Å². The van der Waals surface area contributed by atoms with Crippen LogP contribution in [-0.4, -0.2) is 17.2 Å². The molecule has 4 heteroatoms. The summed E-state index contributed by atoms with van der Waals surface area (Å²) in [6.07, 6.45) is 1.25. The number of benzene rings is 1. The zero-order chi connectivity index (χ0) is 13.0. The third-order valence-corrected chi connectivity index (χ3v) is 3.47.